The number of anilines is 1. The van der Waals surface area contributed by atoms with Gasteiger partial charge in [-0.05, 0) is 87.7 Å². The van der Waals surface area contributed by atoms with Gasteiger partial charge in [-0.3, -0.25) is 0 Å². The third-order valence-electron chi connectivity index (χ3n) is 7.48. The quantitative estimate of drug-likeness (QED) is 0.592. The van der Waals surface area contributed by atoms with Crippen molar-refractivity contribution in [2.24, 2.45) is 0 Å². The first kappa shape index (κ1) is 25.2. The van der Waals surface area contributed by atoms with Crippen LogP contribution in [-0.4, -0.2) is 50.8 Å². The minimum absolute atomic E-state index is 0.0545. The normalized spacial score (nSPS) is 24.5. The molecule has 0 spiro atoms. The summed E-state index contributed by atoms with van der Waals surface area (Å²) in [6.45, 7) is 2.52. The molecule has 2 fully saturated rings. The van der Waals surface area contributed by atoms with Gasteiger partial charge in [0.1, 0.15) is 0 Å². The molecule has 1 aliphatic heterocycles. The maximum atomic E-state index is 13.1. The lowest BCUT2D eigenvalue weighted by Gasteiger charge is -2.45. The zero-order chi connectivity index (χ0) is 25.4. The summed E-state index contributed by atoms with van der Waals surface area (Å²) in [5.41, 5.74) is 0.925. The number of urea groups is 1. The summed E-state index contributed by atoms with van der Waals surface area (Å²) < 4.78 is 50.3. The molecule has 35 heavy (non-hydrogen) atoms. The summed E-state index contributed by atoms with van der Waals surface area (Å²) in [5, 5.41) is 5.57. The number of nitrogens with one attached hydrogen (secondary N) is 2. The number of likely N-dealkylation sites (tertiary alicyclic amines) is 1. The molecular weight excluding hydrogens is 459 g/mol. The Labute approximate surface area is 203 Å². The van der Waals surface area contributed by atoms with Gasteiger partial charge in [-0.15, -0.1) is 0 Å². The molecule has 6 nitrogen and oxygen atoms in total. The summed E-state index contributed by atoms with van der Waals surface area (Å²) in [6.07, 6.45) is -1.06. The number of carbonyl (C=O) groups excluding carboxylic acids is 1. The largest absolute Gasteiger partial charge is 0.493 e. The first-order valence-electron chi connectivity index (χ1n) is 11.7. The van der Waals surface area contributed by atoms with Crippen molar-refractivity contribution in [3.63, 3.8) is 0 Å². The van der Waals surface area contributed by atoms with E-state index in [1.165, 1.54) is 11.6 Å². The van der Waals surface area contributed by atoms with E-state index in [0.717, 1.165) is 44.4 Å². The fourth-order valence-electron chi connectivity index (χ4n) is 5.77. The van der Waals surface area contributed by atoms with Crippen molar-refractivity contribution >= 4 is 11.7 Å². The molecule has 0 bridgehead atoms. The van der Waals surface area contributed by atoms with E-state index in [0.29, 0.717) is 17.1 Å². The number of carbonyl (C=O) groups is 1. The molecule has 0 radical (unpaired) electrons. The maximum Gasteiger partial charge on any atom is 0.416 e. The highest BCUT2D eigenvalue weighted by Crippen LogP contribution is 2.49. The second-order valence-corrected chi connectivity index (χ2v) is 9.63. The number of hydrogen-bond acceptors (Lipinski definition) is 4. The minimum Gasteiger partial charge on any atom is -0.493 e. The van der Waals surface area contributed by atoms with Gasteiger partial charge in [-0.25, -0.2) is 4.79 Å². The Balaban J connectivity index is 1.47. The fourth-order valence-corrected chi connectivity index (χ4v) is 5.77. The van der Waals surface area contributed by atoms with E-state index >= 15 is 0 Å². The number of likely N-dealkylation sites (N-methyl/N-ethyl adjacent to an activating group) is 1. The molecule has 2 aromatic rings. The van der Waals surface area contributed by atoms with Crippen LogP contribution in [0.1, 0.15) is 42.4 Å². The Kier molecular flexibility index (Phi) is 6.90. The molecule has 190 valence electrons. The number of ether oxygens (including phenoxy) is 2. The van der Waals surface area contributed by atoms with Gasteiger partial charge in [-0.2, -0.15) is 13.2 Å². The van der Waals surface area contributed by atoms with E-state index < -0.39 is 17.8 Å². The number of amides is 2. The van der Waals surface area contributed by atoms with Gasteiger partial charge < -0.3 is 25.0 Å². The Morgan fingerprint density at radius 1 is 1.09 bits per heavy atom. The molecule has 1 saturated carbocycles. The van der Waals surface area contributed by atoms with Crippen molar-refractivity contribution < 1.29 is 27.4 Å². The van der Waals surface area contributed by atoms with E-state index in [2.05, 4.69) is 34.7 Å². The Morgan fingerprint density at radius 3 is 2.51 bits per heavy atom. The van der Waals surface area contributed by atoms with Crippen molar-refractivity contribution in [3.8, 4) is 11.5 Å². The van der Waals surface area contributed by atoms with E-state index in [4.69, 9.17) is 9.47 Å². The lowest BCUT2D eigenvalue weighted by Crippen LogP contribution is -2.52. The Morgan fingerprint density at radius 2 is 1.83 bits per heavy atom. The van der Waals surface area contributed by atoms with Crippen molar-refractivity contribution in [2.75, 3.05) is 33.1 Å². The van der Waals surface area contributed by atoms with Gasteiger partial charge in [0.15, 0.2) is 11.5 Å². The predicted octanol–water partition coefficient (Wildman–Crippen LogP) is 5.35. The van der Waals surface area contributed by atoms with Crippen LogP contribution in [0.4, 0.5) is 23.7 Å². The topological polar surface area (TPSA) is 62.8 Å². The molecular formula is C26H32F3N3O3. The zero-order valence-corrected chi connectivity index (χ0v) is 20.5. The Hall–Kier alpha value is -2.94. The monoisotopic (exact) mass is 491 g/mol. The van der Waals surface area contributed by atoms with E-state index in [1.807, 2.05) is 6.07 Å². The highest BCUT2D eigenvalue weighted by Gasteiger charge is 2.50. The van der Waals surface area contributed by atoms with Gasteiger partial charge in [0.2, 0.25) is 0 Å². The van der Waals surface area contributed by atoms with E-state index in [-0.39, 0.29) is 23.2 Å². The van der Waals surface area contributed by atoms with E-state index in [9.17, 15) is 18.0 Å². The Bertz CT molecular complexity index is 1090. The smallest absolute Gasteiger partial charge is 0.416 e. The number of nitrogens with zero attached hydrogens (tertiary/aromatic N) is 1. The van der Waals surface area contributed by atoms with Gasteiger partial charge in [-0.1, -0.05) is 6.07 Å². The third kappa shape index (κ3) is 5.05. The molecule has 1 aliphatic carbocycles. The van der Waals surface area contributed by atoms with E-state index in [1.54, 1.807) is 21.1 Å². The van der Waals surface area contributed by atoms with Crippen molar-refractivity contribution in [3.05, 3.63) is 53.1 Å². The van der Waals surface area contributed by atoms with Crippen LogP contribution in [0.15, 0.2) is 36.4 Å². The number of hydrogen-bond donors (Lipinski definition) is 2. The number of alkyl halides is 3. The highest BCUT2D eigenvalue weighted by atomic mass is 19.4. The number of halogens is 3. The van der Waals surface area contributed by atoms with Crippen molar-refractivity contribution in [1.82, 2.24) is 10.2 Å². The molecule has 1 saturated heterocycles. The zero-order valence-electron chi connectivity index (χ0n) is 20.5. The molecule has 2 amide bonds. The lowest BCUT2D eigenvalue weighted by atomic mass is 9.65. The van der Waals surface area contributed by atoms with Crippen LogP contribution in [-0.2, 0) is 11.6 Å². The number of fused-ring (bicyclic) bond motifs is 1. The molecule has 0 unspecified atom stereocenters. The number of rotatable bonds is 5. The van der Waals surface area contributed by atoms with Crippen molar-refractivity contribution in [1.29, 1.82) is 0 Å². The first-order valence-corrected chi connectivity index (χ1v) is 11.7. The van der Waals surface area contributed by atoms with Crippen LogP contribution in [0.3, 0.4) is 0 Å². The fraction of sp³-hybridized carbons (Fsp3) is 0.500. The summed E-state index contributed by atoms with van der Waals surface area (Å²) in [4.78, 5) is 15.0. The summed E-state index contributed by atoms with van der Waals surface area (Å²) in [6, 6.07) is 9.29. The molecule has 4 rings (SSSR count). The van der Waals surface area contributed by atoms with Gasteiger partial charge >= 0.3 is 12.2 Å². The second kappa shape index (κ2) is 9.60. The predicted molar refractivity (Wildman–Crippen MR) is 128 cm³/mol. The minimum atomic E-state index is -4.47. The van der Waals surface area contributed by atoms with Gasteiger partial charge in [0.25, 0.3) is 0 Å². The van der Waals surface area contributed by atoms with Crippen molar-refractivity contribution in [2.45, 2.75) is 56.3 Å². The molecule has 2 N–H and O–H groups in total. The second-order valence-electron chi connectivity index (χ2n) is 9.63. The number of aryl methyl sites for hydroxylation is 1. The first-order chi connectivity index (χ1) is 16.6. The molecule has 2 aromatic carbocycles. The standard InChI is InChI=1S/C26H32F3N3O3/c1-16-11-18(26(27,28)29)13-20(12-16)31-24(33)30-19-7-8-25(9-10-32(2)23(25)15-19)17-5-6-21(34-3)22(14-17)35-4/h5-6,11-14,19,23H,7-10,15H2,1-4H3,(H2,30,31,33)/t19-,23+,25+/m1/s1. The van der Waals surface area contributed by atoms with Crippen LogP contribution >= 0.6 is 0 Å². The average Bonchev–Trinajstić information content (AvgIpc) is 3.14. The summed E-state index contributed by atoms with van der Waals surface area (Å²) >= 11 is 0. The highest BCUT2D eigenvalue weighted by molar-refractivity contribution is 5.89. The maximum absolute atomic E-state index is 13.1. The molecule has 9 heteroatoms. The lowest BCUT2D eigenvalue weighted by molar-refractivity contribution is -0.137. The molecule has 1 heterocycles. The SMILES string of the molecule is COc1ccc([C@@]23CC[C@@H](NC(=O)Nc4cc(C)cc(C(F)(F)F)c4)C[C@@H]2N(C)CC3)cc1OC. The number of methoxy groups -OCH3 is 2. The van der Waals surface area contributed by atoms with Crippen LogP contribution in [0, 0.1) is 6.92 Å². The van der Waals surface area contributed by atoms with Crippen LogP contribution in [0.2, 0.25) is 0 Å². The summed E-state index contributed by atoms with van der Waals surface area (Å²) in [7, 11) is 5.34. The molecule has 3 atom stereocenters. The third-order valence-corrected chi connectivity index (χ3v) is 7.48. The van der Waals surface area contributed by atoms with Crippen LogP contribution < -0.4 is 20.1 Å². The average molecular weight is 492 g/mol. The van der Waals surface area contributed by atoms with Gasteiger partial charge in [0.05, 0.1) is 19.8 Å². The summed E-state index contributed by atoms with van der Waals surface area (Å²) in [5.74, 6) is 1.39. The molecule has 0 aromatic heterocycles. The number of benzene rings is 2. The van der Waals surface area contributed by atoms with Gasteiger partial charge in [0, 0.05) is 23.2 Å². The molecule has 2 aliphatic rings. The van der Waals surface area contributed by atoms with Crippen LogP contribution in [0.5, 0.6) is 11.5 Å². The van der Waals surface area contributed by atoms with Crippen LogP contribution in [0.25, 0.3) is 0 Å².